The van der Waals surface area contributed by atoms with Gasteiger partial charge in [0.1, 0.15) is 5.75 Å². The van der Waals surface area contributed by atoms with Gasteiger partial charge in [-0.2, -0.15) is 0 Å². The standard InChI is InChI=1S/C15H23BrN2O2/c1-5-6-18-15(19)11(3)20-14-10(2)7-13(16)8-12(14)9-17-4/h7-8,11,17H,5-6,9H2,1-4H3,(H,18,19). The summed E-state index contributed by atoms with van der Waals surface area (Å²) in [6.45, 7) is 7.15. The number of amides is 1. The molecule has 0 aliphatic heterocycles. The lowest BCUT2D eigenvalue weighted by molar-refractivity contribution is -0.127. The fourth-order valence-corrected chi connectivity index (χ4v) is 2.53. The largest absolute Gasteiger partial charge is 0.480 e. The highest BCUT2D eigenvalue weighted by Crippen LogP contribution is 2.29. The number of benzene rings is 1. The summed E-state index contributed by atoms with van der Waals surface area (Å²) in [5, 5.41) is 5.96. The van der Waals surface area contributed by atoms with E-state index in [0.717, 1.165) is 27.8 Å². The molecule has 0 spiro atoms. The first-order valence-electron chi connectivity index (χ1n) is 6.87. The predicted molar refractivity (Wildman–Crippen MR) is 85.0 cm³/mol. The smallest absolute Gasteiger partial charge is 0.260 e. The molecule has 0 aliphatic rings. The lowest BCUT2D eigenvalue weighted by atomic mass is 10.1. The van der Waals surface area contributed by atoms with Crippen LogP contribution in [-0.4, -0.2) is 25.6 Å². The highest BCUT2D eigenvalue weighted by molar-refractivity contribution is 9.10. The van der Waals surface area contributed by atoms with E-state index in [9.17, 15) is 4.79 Å². The third kappa shape index (κ3) is 4.80. The number of halogens is 1. The number of nitrogens with one attached hydrogen (secondary N) is 2. The molecule has 1 rings (SSSR count). The van der Waals surface area contributed by atoms with Gasteiger partial charge in [0.25, 0.3) is 5.91 Å². The van der Waals surface area contributed by atoms with E-state index in [1.165, 1.54) is 0 Å². The molecular formula is C15H23BrN2O2. The molecule has 1 unspecified atom stereocenters. The van der Waals surface area contributed by atoms with Gasteiger partial charge in [0, 0.05) is 23.1 Å². The quantitative estimate of drug-likeness (QED) is 0.800. The Morgan fingerprint density at radius 1 is 1.45 bits per heavy atom. The van der Waals surface area contributed by atoms with Crippen molar-refractivity contribution in [3.05, 3.63) is 27.7 Å². The Morgan fingerprint density at radius 3 is 2.75 bits per heavy atom. The van der Waals surface area contributed by atoms with E-state index in [4.69, 9.17) is 4.74 Å². The second kappa shape index (κ2) is 8.27. The Hall–Kier alpha value is -1.07. The Morgan fingerprint density at radius 2 is 2.15 bits per heavy atom. The Balaban J connectivity index is 2.87. The molecule has 20 heavy (non-hydrogen) atoms. The number of rotatable bonds is 7. The fourth-order valence-electron chi connectivity index (χ4n) is 1.91. The second-order valence-electron chi connectivity index (χ2n) is 4.79. The van der Waals surface area contributed by atoms with Crippen LogP contribution in [0.2, 0.25) is 0 Å². The maximum Gasteiger partial charge on any atom is 0.260 e. The van der Waals surface area contributed by atoms with Crippen molar-refractivity contribution in [1.29, 1.82) is 0 Å². The third-order valence-corrected chi connectivity index (χ3v) is 3.35. The number of hydrogen-bond acceptors (Lipinski definition) is 3. The first-order chi connectivity index (χ1) is 9.49. The van der Waals surface area contributed by atoms with Gasteiger partial charge in [-0.15, -0.1) is 0 Å². The monoisotopic (exact) mass is 342 g/mol. The molecule has 4 nitrogen and oxygen atoms in total. The Kier molecular flexibility index (Phi) is 7.02. The summed E-state index contributed by atoms with van der Waals surface area (Å²) in [6.07, 6.45) is 0.415. The molecule has 1 amide bonds. The van der Waals surface area contributed by atoms with Gasteiger partial charge in [0.05, 0.1) is 0 Å². The summed E-state index contributed by atoms with van der Waals surface area (Å²) in [5.74, 6) is 0.700. The molecule has 0 heterocycles. The maximum absolute atomic E-state index is 11.9. The summed E-state index contributed by atoms with van der Waals surface area (Å²) in [4.78, 5) is 11.9. The van der Waals surface area contributed by atoms with Crippen molar-refractivity contribution in [3.8, 4) is 5.75 Å². The SMILES string of the molecule is CCCNC(=O)C(C)Oc1c(C)cc(Br)cc1CNC. The normalized spacial score (nSPS) is 12.1. The summed E-state index contributed by atoms with van der Waals surface area (Å²) in [6, 6.07) is 4.00. The minimum absolute atomic E-state index is 0.0791. The zero-order valence-electron chi connectivity index (χ0n) is 12.5. The van der Waals surface area contributed by atoms with Gasteiger partial charge in [-0.05, 0) is 45.0 Å². The van der Waals surface area contributed by atoms with Crippen molar-refractivity contribution in [2.24, 2.45) is 0 Å². The van der Waals surface area contributed by atoms with E-state index < -0.39 is 6.10 Å². The van der Waals surface area contributed by atoms with E-state index in [-0.39, 0.29) is 5.91 Å². The molecule has 5 heteroatoms. The van der Waals surface area contributed by atoms with Gasteiger partial charge in [0.15, 0.2) is 6.10 Å². The zero-order valence-corrected chi connectivity index (χ0v) is 14.1. The molecule has 1 aromatic carbocycles. The molecule has 1 aromatic rings. The van der Waals surface area contributed by atoms with Crippen LogP contribution in [0.1, 0.15) is 31.4 Å². The van der Waals surface area contributed by atoms with E-state index >= 15 is 0 Å². The predicted octanol–water partition coefficient (Wildman–Crippen LogP) is 2.77. The minimum Gasteiger partial charge on any atom is -0.480 e. The van der Waals surface area contributed by atoms with Crippen molar-refractivity contribution >= 4 is 21.8 Å². The van der Waals surface area contributed by atoms with Crippen LogP contribution in [0.3, 0.4) is 0 Å². The molecule has 1 atom stereocenters. The average molecular weight is 343 g/mol. The van der Waals surface area contributed by atoms with Crippen LogP contribution in [0, 0.1) is 6.92 Å². The summed E-state index contributed by atoms with van der Waals surface area (Å²) in [7, 11) is 1.89. The molecule has 0 bridgehead atoms. The van der Waals surface area contributed by atoms with Gasteiger partial charge < -0.3 is 15.4 Å². The van der Waals surface area contributed by atoms with Crippen molar-refractivity contribution in [2.75, 3.05) is 13.6 Å². The molecule has 0 aliphatic carbocycles. The number of carbonyl (C=O) groups excluding carboxylic acids is 1. The van der Waals surface area contributed by atoms with E-state index in [2.05, 4.69) is 26.6 Å². The summed E-state index contributed by atoms with van der Waals surface area (Å²) < 4.78 is 6.88. The number of aryl methyl sites for hydroxylation is 1. The fraction of sp³-hybridized carbons (Fsp3) is 0.533. The number of hydrogen-bond donors (Lipinski definition) is 2. The lowest BCUT2D eigenvalue weighted by Gasteiger charge is -2.19. The van der Waals surface area contributed by atoms with Gasteiger partial charge in [-0.25, -0.2) is 0 Å². The molecule has 0 fully saturated rings. The summed E-state index contributed by atoms with van der Waals surface area (Å²) in [5.41, 5.74) is 2.05. The van der Waals surface area contributed by atoms with Crippen molar-refractivity contribution in [3.63, 3.8) is 0 Å². The van der Waals surface area contributed by atoms with Gasteiger partial charge in [-0.3, -0.25) is 4.79 Å². The van der Waals surface area contributed by atoms with Crippen molar-refractivity contribution in [1.82, 2.24) is 10.6 Å². The Labute approximate surface area is 129 Å². The highest BCUT2D eigenvalue weighted by atomic mass is 79.9. The second-order valence-corrected chi connectivity index (χ2v) is 5.71. The van der Waals surface area contributed by atoms with Gasteiger partial charge in [0.2, 0.25) is 0 Å². The lowest BCUT2D eigenvalue weighted by Crippen LogP contribution is -2.37. The summed E-state index contributed by atoms with van der Waals surface area (Å²) >= 11 is 3.48. The van der Waals surface area contributed by atoms with E-state index in [0.29, 0.717) is 13.1 Å². The van der Waals surface area contributed by atoms with Crippen LogP contribution in [-0.2, 0) is 11.3 Å². The average Bonchev–Trinajstić information content (AvgIpc) is 2.39. The molecule has 112 valence electrons. The van der Waals surface area contributed by atoms with Crippen molar-refractivity contribution in [2.45, 2.75) is 39.8 Å². The first-order valence-corrected chi connectivity index (χ1v) is 7.66. The zero-order chi connectivity index (χ0) is 15.1. The van der Waals surface area contributed by atoms with E-state index in [1.807, 2.05) is 33.0 Å². The third-order valence-electron chi connectivity index (χ3n) is 2.90. The topological polar surface area (TPSA) is 50.4 Å². The van der Waals surface area contributed by atoms with Crippen LogP contribution in [0.25, 0.3) is 0 Å². The van der Waals surface area contributed by atoms with Crippen molar-refractivity contribution < 1.29 is 9.53 Å². The van der Waals surface area contributed by atoms with Crippen LogP contribution in [0.15, 0.2) is 16.6 Å². The van der Waals surface area contributed by atoms with E-state index in [1.54, 1.807) is 6.92 Å². The number of carbonyl (C=O) groups is 1. The minimum atomic E-state index is -0.503. The molecule has 0 radical (unpaired) electrons. The molecular weight excluding hydrogens is 320 g/mol. The molecule has 0 saturated heterocycles. The van der Waals surface area contributed by atoms with Crippen LogP contribution in [0.4, 0.5) is 0 Å². The van der Waals surface area contributed by atoms with Gasteiger partial charge in [-0.1, -0.05) is 22.9 Å². The van der Waals surface area contributed by atoms with Crippen LogP contribution < -0.4 is 15.4 Å². The van der Waals surface area contributed by atoms with Crippen LogP contribution >= 0.6 is 15.9 Å². The molecule has 0 aromatic heterocycles. The first kappa shape index (κ1) is 17.0. The maximum atomic E-state index is 11.9. The molecule has 0 saturated carbocycles. The Bertz CT molecular complexity index is 463. The molecule has 2 N–H and O–H groups in total. The van der Waals surface area contributed by atoms with Gasteiger partial charge >= 0.3 is 0 Å². The number of ether oxygens (including phenoxy) is 1. The highest BCUT2D eigenvalue weighted by Gasteiger charge is 2.17. The van der Waals surface area contributed by atoms with Crippen LogP contribution in [0.5, 0.6) is 5.75 Å².